The average molecular weight is 411 g/mol. The number of aromatic amines is 1. The maximum atomic E-state index is 11.9. The number of benzene rings is 1. The number of hydrogen-bond acceptors (Lipinski definition) is 8. The van der Waals surface area contributed by atoms with E-state index in [9.17, 15) is 4.79 Å². The van der Waals surface area contributed by atoms with Gasteiger partial charge in [0.05, 0.1) is 12.3 Å². The predicted octanol–water partition coefficient (Wildman–Crippen LogP) is 2.89. The number of aliphatic hydroxyl groups is 1. The number of anilines is 3. The number of H-pyrrole nitrogens is 1. The zero-order valence-corrected chi connectivity index (χ0v) is 16.7. The van der Waals surface area contributed by atoms with Crippen molar-refractivity contribution in [1.29, 1.82) is 0 Å². The molecule has 0 bridgehead atoms. The van der Waals surface area contributed by atoms with Crippen molar-refractivity contribution in [2.45, 2.75) is 42.8 Å². The summed E-state index contributed by atoms with van der Waals surface area (Å²) in [6, 6.07) is 9.30. The number of aryl methyl sites for hydroxylation is 1. The summed E-state index contributed by atoms with van der Waals surface area (Å²) in [5.74, 6) is 1.85. The number of amides is 1. The molecule has 1 aliphatic rings. The first-order valence-corrected chi connectivity index (χ1v) is 10.2. The van der Waals surface area contributed by atoms with E-state index in [2.05, 4.69) is 35.8 Å². The predicted molar refractivity (Wildman–Crippen MR) is 109 cm³/mol. The molecule has 0 atom stereocenters. The fourth-order valence-electron chi connectivity index (χ4n) is 2.58. The van der Waals surface area contributed by atoms with Gasteiger partial charge in [-0.1, -0.05) is 6.92 Å². The normalized spacial score (nSPS) is 13.3. The van der Waals surface area contributed by atoms with Gasteiger partial charge >= 0.3 is 0 Å². The van der Waals surface area contributed by atoms with Crippen LogP contribution in [0.4, 0.5) is 17.5 Å². The van der Waals surface area contributed by atoms with Crippen LogP contribution in [0.15, 0.2) is 40.4 Å². The lowest BCUT2D eigenvalue weighted by Crippen LogP contribution is -2.12. The summed E-state index contributed by atoms with van der Waals surface area (Å²) in [5, 5.41) is 22.4. The Morgan fingerprint density at radius 2 is 2.03 bits per heavy atom. The highest BCUT2D eigenvalue weighted by Crippen LogP contribution is 2.31. The molecule has 0 radical (unpaired) electrons. The third kappa shape index (κ3) is 5.09. The quantitative estimate of drug-likeness (QED) is 0.445. The summed E-state index contributed by atoms with van der Waals surface area (Å²) in [4.78, 5) is 26.1. The van der Waals surface area contributed by atoms with E-state index < -0.39 is 0 Å². The van der Waals surface area contributed by atoms with Gasteiger partial charge in [0.25, 0.3) is 0 Å². The molecule has 150 valence electrons. The van der Waals surface area contributed by atoms with Crippen molar-refractivity contribution in [1.82, 2.24) is 25.1 Å². The third-order valence-corrected chi connectivity index (χ3v) is 5.17. The van der Waals surface area contributed by atoms with Gasteiger partial charge in [-0.05, 0) is 48.9 Å². The van der Waals surface area contributed by atoms with Crippen LogP contribution in [0.1, 0.15) is 31.3 Å². The first-order chi connectivity index (χ1) is 14.1. The SMILES string of the molecule is CCc1nc(Nc2cc(CO)[nH]n2)nc(Sc2ccc(NC(=O)C3CC3)cc2)n1. The molecule has 1 aliphatic carbocycles. The topological polar surface area (TPSA) is 129 Å². The molecule has 1 saturated carbocycles. The Bertz CT molecular complexity index is 1000. The number of carbonyl (C=O) groups is 1. The number of aromatic nitrogens is 5. The van der Waals surface area contributed by atoms with Crippen LogP contribution in [0.5, 0.6) is 0 Å². The standard InChI is InChI=1S/C19H21N7O2S/c1-2-15-21-18(22-16-9-13(10-27)25-26-16)24-19(23-15)29-14-7-5-12(6-8-14)20-17(28)11-3-4-11/h5-9,11,27H,2-4,10H2,1H3,(H,20,28)(H2,21,22,23,24,25,26). The molecular formula is C19H21N7O2S. The van der Waals surface area contributed by atoms with Crippen molar-refractivity contribution >= 4 is 35.1 Å². The Labute approximate surface area is 171 Å². The lowest BCUT2D eigenvalue weighted by molar-refractivity contribution is -0.117. The monoisotopic (exact) mass is 411 g/mol. The van der Waals surface area contributed by atoms with Gasteiger partial charge in [0.1, 0.15) is 5.82 Å². The maximum Gasteiger partial charge on any atom is 0.232 e. The first kappa shape index (κ1) is 19.3. The highest BCUT2D eigenvalue weighted by molar-refractivity contribution is 7.99. The molecule has 4 rings (SSSR count). The molecule has 29 heavy (non-hydrogen) atoms. The van der Waals surface area contributed by atoms with E-state index in [0.717, 1.165) is 23.4 Å². The van der Waals surface area contributed by atoms with E-state index >= 15 is 0 Å². The maximum absolute atomic E-state index is 11.9. The summed E-state index contributed by atoms with van der Waals surface area (Å²) in [5.41, 5.74) is 1.39. The van der Waals surface area contributed by atoms with Crippen LogP contribution < -0.4 is 10.6 Å². The molecule has 1 amide bonds. The van der Waals surface area contributed by atoms with Gasteiger partial charge in [-0.25, -0.2) is 4.98 Å². The number of nitrogens with zero attached hydrogens (tertiary/aromatic N) is 4. The van der Waals surface area contributed by atoms with Gasteiger partial charge in [0.15, 0.2) is 11.0 Å². The van der Waals surface area contributed by atoms with E-state index in [-0.39, 0.29) is 18.4 Å². The molecule has 0 saturated heterocycles. The highest BCUT2D eigenvalue weighted by Gasteiger charge is 2.29. The third-order valence-electron chi connectivity index (χ3n) is 4.30. The van der Waals surface area contributed by atoms with E-state index in [4.69, 9.17) is 5.11 Å². The van der Waals surface area contributed by atoms with E-state index in [1.807, 2.05) is 31.2 Å². The molecule has 1 fully saturated rings. The van der Waals surface area contributed by atoms with E-state index in [1.54, 1.807) is 6.07 Å². The minimum atomic E-state index is -0.121. The zero-order chi connectivity index (χ0) is 20.2. The molecule has 1 aromatic carbocycles. The second kappa shape index (κ2) is 8.58. The Morgan fingerprint density at radius 3 is 2.69 bits per heavy atom. The number of hydrogen-bond donors (Lipinski definition) is 4. The smallest absolute Gasteiger partial charge is 0.232 e. The molecule has 10 heteroatoms. The molecule has 9 nitrogen and oxygen atoms in total. The highest BCUT2D eigenvalue weighted by atomic mass is 32.2. The summed E-state index contributed by atoms with van der Waals surface area (Å²) < 4.78 is 0. The van der Waals surface area contributed by atoms with Gasteiger partial charge < -0.3 is 15.7 Å². The zero-order valence-electron chi connectivity index (χ0n) is 15.8. The molecule has 2 heterocycles. The fraction of sp³-hybridized carbons (Fsp3) is 0.316. The van der Waals surface area contributed by atoms with Crippen LogP contribution in [0.25, 0.3) is 0 Å². The molecule has 0 spiro atoms. The number of aliphatic hydroxyl groups excluding tert-OH is 1. The average Bonchev–Trinajstić information content (AvgIpc) is 3.49. The Balaban J connectivity index is 1.46. The summed E-state index contributed by atoms with van der Waals surface area (Å²) >= 11 is 1.41. The molecule has 3 aromatic rings. The van der Waals surface area contributed by atoms with Crippen molar-refractivity contribution in [3.05, 3.63) is 41.9 Å². The van der Waals surface area contributed by atoms with Gasteiger partial charge in [0.2, 0.25) is 11.9 Å². The minimum Gasteiger partial charge on any atom is -0.390 e. The van der Waals surface area contributed by atoms with Crippen molar-refractivity contribution in [3.8, 4) is 0 Å². The second-order valence-corrected chi connectivity index (χ2v) is 7.70. The largest absolute Gasteiger partial charge is 0.390 e. The van der Waals surface area contributed by atoms with Gasteiger partial charge in [-0.2, -0.15) is 15.1 Å². The van der Waals surface area contributed by atoms with E-state index in [1.165, 1.54) is 11.8 Å². The van der Waals surface area contributed by atoms with Crippen LogP contribution in [-0.4, -0.2) is 36.2 Å². The van der Waals surface area contributed by atoms with E-state index in [0.29, 0.717) is 34.9 Å². The lowest BCUT2D eigenvalue weighted by Gasteiger charge is -2.08. The van der Waals surface area contributed by atoms with Crippen LogP contribution in [0.2, 0.25) is 0 Å². The summed E-state index contributed by atoms with van der Waals surface area (Å²) in [7, 11) is 0. The second-order valence-electron chi connectivity index (χ2n) is 6.66. The van der Waals surface area contributed by atoms with Crippen LogP contribution >= 0.6 is 11.8 Å². The van der Waals surface area contributed by atoms with Crippen molar-refractivity contribution < 1.29 is 9.90 Å². The van der Waals surface area contributed by atoms with Gasteiger partial charge in [-0.15, -0.1) is 0 Å². The number of carbonyl (C=O) groups excluding carboxylic acids is 1. The number of rotatable bonds is 8. The Morgan fingerprint density at radius 1 is 1.24 bits per heavy atom. The first-order valence-electron chi connectivity index (χ1n) is 9.39. The molecular weight excluding hydrogens is 390 g/mol. The fourth-order valence-corrected chi connectivity index (χ4v) is 3.35. The Hall–Kier alpha value is -2.98. The summed E-state index contributed by atoms with van der Waals surface area (Å²) in [6.45, 7) is 1.85. The minimum absolute atomic E-state index is 0.0916. The molecule has 4 N–H and O–H groups in total. The Kier molecular flexibility index (Phi) is 5.72. The van der Waals surface area contributed by atoms with Crippen LogP contribution in [-0.2, 0) is 17.8 Å². The lowest BCUT2D eigenvalue weighted by atomic mass is 10.3. The van der Waals surface area contributed by atoms with Gasteiger partial charge in [-0.3, -0.25) is 9.89 Å². The molecule has 0 aliphatic heterocycles. The van der Waals surface area contributed by atoms with Crippen LogP contribution in [0.3, 0.4) is 0 Å². The van der Waals surface area contributed by atoms with Gasteiger partial charge in [0, 0.05) is 29.0 Å². The van der Waals surface area contributed by atoms with Crippen molar-refractivity contribution in [2.24, 2.45) is 5.92 Å². The number of nitrogens with one attached hydrogen (secondary N) is 3. The summed E-state index contributed by atoms with van der Waals surface area (Å²) in [6.07, 6.45) is 2.63. The van der Waals surface area contributed by atoms with Crippen molar-refractivity contribution in [2.75, 3.05) is 10.6 Å². The molecule has 0 unspecified atom stereocenters. The molecule has 2 aromatic heterocycles. The van der Waals surface area contributed by atoms with Crippen LogP contribution in [0, 0.1) is 5.92 Å². The van der Waals surface area contributed by atoms with Crippen molar-refractivity contribution in [3.63, 3.8) is 0 Å².